The molecule has 8 heteroatoms. The van der Waals surface area contributed by atoms with Crippen molar-refractivity contribution in [2.75, 3.05) is 11.5 Å². The average molecular weight is 374 g/mol. The number of rotatable bonds is 2. The summed E-state index contributed by atoms with van der Waals surface area (Å²) in [6, 6.07) is 11.4. The van der Waals surface area contributed by atoms with Crippen LogP contribution in [0, 0.1) is 0 Å². The summed E-state index contributed by atoms with van der Waals surface area (Å²) in [4.78, 5) is 26.4. The third kappa shape index (κ3) is 2.48. The summed E-state index contributed by atoms with van der Waals surface area (Å²) < 4.78 is 23.5. The minimum absolute atomic E-state index is 0.416. The number of hydrogen-bond acceptors (Lipinski definition) is 5. The topological polar surface area (TPSA) is 104 Å². The largest absolute Gasteiger partial charge is 0.390 e. The molecule has 0 spiro atoms. The zero-order chi connectivity index (χ0) is 18.7. The first-order valence-corrected chi connectivity index (χ1v) is 10.1. The second-order valence-electron chi connectivity index (χ2n) is 7.00. The highest BCUT2D eigenvalue weighted by molar-refractivity contribution is 7.91. The minimum atomic E-state index is -3.48. The normalized spacial score (nSPS) is 30.8. The Morgan fingerprint density at radius 3 is 2.46 bits per heavy atom. The Morgan fingerprint density at radius 2 is 1.81 bits per heavy atom. The molecule has 0 aliphatic carbocycles. The maximum atomic E-state index is 13.1. The summed E-state index contributed by atoms with van der Waals surface area (Å²) in [5.41, 5.74) is -0.708. The number of carbonyl (C=O) groups is 2. The van der Waals surface area contributed by atoms with Crippen LogP contribution < -0.4 is 5.32 Å². The number of aliphatic hydroxyl groups is 1. The molecule has 3 atom stereocenters. The lowest BCUT2D eigenvalue weighted by Crippen LogP contribution is -2.48. The maximum absolute atomic E-state index is 13.1. The number of hydrogen-bond donors (Lipinski definition) is 2. The molecule has 2 fully saturated rings. The number of amides is 3. The molecule has 0 saturated carbocycles. The monoisotopic (exact) mass is 374 g/mol. The van der Waals surface area contributed by atoms with E-state index in [4.69, 9.17) is 0 Å². The number of carbonyl (C=O) groups excluding carboxylic acids is 2. The van der Waals surface area contributed by atoms with E-state index < -0.39 is 51.0 Å². The predicted octanol–water partition coefficient (Wildman–Crippen LogP) is 0.765. The summed E-state index contributed by atoms with van der Waals surface area (Å²) in [7, 11) is -3.48. The van der Waals surface area contributed by atoms with Gasteiger partial charge in [0.15, 0.2) is 9.84 Å². The molecule has 2 aromatic rings. The van der Waals surface area contributed by atoms with Gasteiger partial charge < -0.3 is 10.4 Å². The maximum Gasteiger partial charge on any atom is 0.325 e. The Balaban J connectivity index is 1.73. The van der Waals surface area contributed by atoms with Crippen molar-refractivity contribution in [2.45, 2.75) is 24.6 Å². The van der Waals surface area contributed by atoms with Crippen LogP contribution in [-0.2, 0) is 20.2 Å². The van der Waals surface area contributed by atoms with E-state index in [1.54, 1.807) is 13.0 Å². The number of aliphatic hydroxyl groups excluding tert-OH is 1. The molecule has 0 radical (unpaired) electrons. The molecule has 0 unspecified atom stereocenters. The van der Waals surface area contributed by atoms with Gasteiger partial charge in [0.05, 0.1) is 23.7 Å². The molecule has 2 aromatic carbocycles. The Labute approximate surface area is 150 Å². The molecule has 2 saturated heterocycles. The van der Waals surface area contributed by atoms with Crippen LogP contribution >= 0.6 is 0 Å². The second kappa shape index (κ2) is 5.52. The molecular weight excluding hydrogens is 356 g/mol. The lowest BCUT2D eigenvalue weighted by atomic mass is 9.90. The van der Waals surface area contributed by atoms with Crippen LogP contribution in [0.25, 0.3) is 10.8 Å². The quantitative estimate of drug-likeness (QED) is 0.756. The lowest BCUT2D eigenvalue weighted by molar-refractivity contribution is -0.133. The summed E-state index contributed by atoms with van der Waals surface area (Å²) in [5, 5.41) is 14.6. The van der Waals surface area contributed by atoms with Crippen LogP contribution in [0.15, 0.2) is 42.5 Å². The van der Waals surface area contributed by atoms with Crippen molar-refractivity contribution >= 4 is 32.5 Å². The minimum Gasteiger partial charge on any atom is -0.390 e. The highest BCUT2D eigenvalue weighted by Crippen LogP contribution is 2.34. The van der Waals surface area contributed by atoms with Crippen molar-refractivity contribution in [1.29, 1.82) is 0 Å². The van der Waals surface area contributed by atoms with Gasteiger partial charge in [-0.25, -0.2) is 13.2 Å². The van der Waals surface area contributed by atoms with Crippen LogP contribution in [0.5, 0.6) is 0 Å². The molecule has 2 N–H and O–H groups in total. The van der Waals surface area contributed by atoms with Crippen LogP contribution in [0.1, 0.15) is 12.5 Å². The number of sulfone groups is 1. The van der Waals surface area contributed by atoms with Crippen molar-refractivity contribution in [3.63, 3.8) is 0 Å². The van der Waals surface area contributed by atoms with Crippen molar-refractivity contribution in [3.05, 3.63) is 48.0 Å². The van der Waals surface area contributed by atoms with Crippen molar-refractivity contribution in [2.24, 2.45) is 0 Å². The number of urea groups is 1. The van der Waals surface area contributed by atoms with Crippen molar-refractivity contribution in [1.82, 2.24) is 10.2 Å². The number of benzene rings is 2. The van der Waals surface area contributed by atoms with E-state index in [1.165, 1.54) is 0 Å². The van der Waals surface area contributed by atoms with Crippen molar-refractivity contribution < 1.29 is 23.1 Å². The fourth-order valence-electron chi connectivity index (χ4n) is 3.72. The number of nitrogens with one attached hydrogen (secondary N) is 1. The van der Waals surface area contributed by atoms with Crippen LogP contribution in [0.2, 0.25) is 0 Å². The first kappa shape index (κ1) is 17.0. The smallest absolute Gasteiger partial charge is 0.325 e. The summed E-state index contributed by atoms with van der Waals surface area (Å²) in [6.45, 7) is 1.59. The highest BCUT2D eigenvalue weighted by Gasteiger charge is 2.55. The Morgan fingerprint density at radius 1 is 1.12 bits per heavy atom. The van der Waals surface area contributed by atoms with Gasteiger partial charge in [0.25, 0.3) is 5.91 Å². The zero-order valence-corrected chi connectivity index (χ0v) is 14.9. The molecule has 4 rings (SSSR count). The van der Waals surface area contributed by atoms with Gasteiger partial charge in [0.2, 0.25) is 0 Å². The third-order valence-electron chi connectivity index (χ3n) is 5.17. The molecule has 2 heterocycles. The lowest BCUT2D eigenvalue weighted by Gasteiger charge is -2.26. The zero-order valence-electron chi connectivity index (χ0n) is 14.0. The average Bonchev–Trinajstić information content (AvgIpc) is 2.98. The Kier molecular flexibility index (Phi) is 3.61. The fraction of sp³-hybridized carbons (Fsp3) is 0.333. The molecule has 0 aromatic heterocycles. The molecule has 136 valence electrons. The Hall–Kier alpha value is -2.45. The van der Waals surface area contributed by atoms with E-state index in [9.17, 15) is 23.1 Å². The first-order chi connectivity index (χ1) is 12.2. The highest BCUT2D eigenvalue weighted by atomic mass is 32.2. The van der Waals surface area contributed by atoms with Crippen LogP contribution in [-0.4, -0.2) is 54.0 Å². The molecule has 7 nitrogen and oxygen atoms in total. The van der Waals surface area contributed by atoms with Gasteiger partial charge in [-0.05, 0) is 29.3 Å². The van der Waals surface area contributed by atoms with E-state index in [1.807, 2.05) is 36.4 Å². The van der Waals surface area contributed by atoms with Gasteiger partial charge in [-0.15, -0.1) is 0 Å². The second-order valence-corrected chi connectivity index (χ2v) is 9.16. The molecule has 26 heavy (non-hydrogen) atoms. The van der Waals surface area contributed by atoms with E-state index in [0.717, 1.165) is 15.7 Å². The number of fused-ring (bicyclic) bond motifs is 1. The first-order valence-electron chi connectivity index (χ1n) is 8.25. The predicted molar refractivity (Wildman–Crippen MR) is 95.1 cm³/mol. The summed E-state index contributed by atoms with van der Waals surface area (Å²) in [6.07, 6.45) is -1.27. The molecule has 2 aliphatic heterocycles. The van der Waals surface area contributed by atoms with Crippen LogP contribution in [0.4, 0.5) is 4.79 Å². The van der Waals surface area contributed by atoms with Crippen molar-refractivity contribution in [3.8, 4) is 0 Å². The fourth-order valence-corrected chi connectivity index (χ4v) is 5.49. The summed E-state index contributed by atoms with van der Waals surface area (Å²) >= 11 is 0. The van der Waals surface area contributed by atoms with Crippen LogP contribution in [0.3, 0.4) is 0 Å². The van der Waals surface area contributed by atoms with Gasteiger partial charge in [0.1, 0.15) is 5.54 Å². The van der Waals surface area contributed by atoms with E-state index in [2.05, 4.69) is 5.32 Å². The molecule has 3 amide bonds. The van der Waals surface area contributed by atoms with E-state index in [0.29, 0.717) is 5.56 Å². The number of nitrogens with zero attached hydrogens (tertiary/aromatic N) is 1. The van der Waals surface area contributed by atoms with E-state index in [-0.39, 0.29) is 0 Å². The standard InChI is InChI=1S/C18H18N2O5S/c1-18(13-7-6-11-4-2-3-5-12(11)8-13)16(22)20(17(23)19-18)14-9-26(24,25)10-15(14)21/h2-8,14-15,21H,9-10H2,1H3,(H,19,23)/t14-,15+,18+/m1/s1. The number of imide groups is 1. The molecular formula is C18H18N2O5S. The third-order valence-corrected chi connectivity index (χ3v) is 6.87. The Bertz CT molecular complexity index is 1030. The van der Waals surface area contributed by atoms with Gasteiger partial charge in [-0.1, -0.05) is 36.4 Å². The molecule has 0 bridgehead atoms. The van der Waals surface area contributed by atoms with Gasteiger partial charge in [-0.2, -0.15) is 0 Å². The SMILES string of the molecule is C[C@@]1(c2ccc3ccccc3c2)NC(=O)N([C@@H]2CS(=O)(=O)C[C@@H]2O)C1=O. The molecule has 2 aliphatic rings. The van der Waals surface area contributed by atoms with Gasteiger partial charge >= 0.3 is 6.03 Å². The van der Waals surface area contributed by atoms with Gasteiger partial charge in [0, 0.05) is 0 Å². The summed E-state index contributed by atoms with van der Waals surface area (Å²) in [5.74, 6) is -1.42. The van der Waals surface area contributed by atoms with E-state index >= 15 is 0 Å². The van der Waals surface area contributed by atoms with Gasteiger partial charge in [-0.3, -0.25) is 9.69 Å².